The van der Waals surface area contributed by atoms with Gasteiger partial charge in [0.25, 0.3) is 5.91 Å². The number of rotatable bonds is 3. The molecule has 1 aliphatic heterocycles. The first kappa shape index (κ1) is 14.8. The molecule has 2 unspecified atom stereocenters. The Bertz CT molecular complexity index is 586. The monoisotopic (exact) mass is 292 g/mol. The van der Waals surface area contributed by atoms with Gasteiger partial charge in [-0.2, -0.15) is 0 Å². The van der Waals surface area contributed by atoms with Gasteiger partial charge in [-0.15, -0.1) is 0 Å². The second kappa shape index (κ2) is 5.82. The van der Waals surface area contributed by atoms with Crippen LogP contribution in [0.25, 0.3) is 0 Å². The molecule has 112 valence electrons. The summed E-state index contributed by atoms with van der Waals surface area (Å²) in [6.45, 7) is 0.105. The van der Waals surface area contributed by atoms with E-state index < -0.39 is 23.8 Å². The van der Waals surface area contributed by atoms with Crippen LogP contribution in [0.2, 0.25) is 0 Å². The molecule has 0 radical (unpaired) electrons. The summed E-state index contributed by atoms with van der Waals surface area (Å²) in [6, 6.07) is 6.40. The van der Waals surface area contributed by atoms with Gasteiger partial charge in [0.1, 0.15) is 0 Å². The van der Waals surface area contributed by atoms with Crippen LogP contribution in [-0.4, -0.2) is 46.0 Å². The van der Waals surface area contributed by atoms with Crippen LogP contribution in [0.1, 0.15) is 16.8 Å². The number of carboxylic acids is 2. The zero-order valence-electron chi connectivity index (χ0n) is 11.2. The molecule has 0 bridgehead atoms. The summed E-state index contributed by atoms with van der Waals surface area (Å²) in [5.41, 5.74) is 6.43. The van der Waals surface area contributed by atoms with Crippen LogP contribution in [0.3, 0.4) is 0 Å². The minimum atomic E-state index is -1.20. The molecule has 1 aromatic carbocycles. The van der Waals surface area contributed by atoms with E-state index >= 15 is 0 Å². The molecule has 2 rings (SSSR count). The Labute approximate surface area is 121 Å². The molecule has 1 saturated heterocycles. The summed E-state index contributed by atoms with van der Waals surface area (Å²) in [7, 11) is 0. The number of amides is 1. The highest BCUT2D eigenvalue weighted by atomic mass is 16.4. The van der Waals surface area contributed by atoms with Crippen LogP contribution in [0.4, 0.5) is 5.69 Å². The highest BCUT2D eigenvalue weighted by Crippen LogP contribution is 2.25. The molecule has 1 fully saturated rings. The van der Waals surface area contributed by atoms with Crippen molar-refractivity contribution in [3.63, 3.8) is 0 Å². The third kappa shape index (κ3) is 3.13. The molecule has 21 heavy (non-hydrogen) atoms. The number of piperidine rings is 1. The van der Waals surface area contributed by atoms with Crippen LogP contribution < -0.4 is 5.73 Å². The largest absolute Gasteiger partial charge is 0.481 e. The van der Waals surface area contributed by atoms with Gasteiger partial charge in [-0.25, -0.2) is 0 Å². The van der Waals surface area contributed by atoms with E-state index in [2.05, 4.69) is 0 Å². The lowest BCUT2D eigenvalue weighted by Gasteiger charge is -2.34. The number of carboxylic acid groups (broad SMARTS) is 2. The Morgan fingerprint density at radius 2 is 1.81 bits per heavy atom. The van der Waals surface area contributed by atoms with Gasteiger partial charge in [-0.1, -0.05) is 6.07 Å². The van der Waals surface area contributed by atoms with Crippen molar-refractivity contribution in [3.8, 4) is 0 Å². The van der Waals surface area contributed by atoms with Crippen LogP contribution in [0.5, 0.6) is 0 Å². The minimum absolute atomic E-state index is 0.111. The number of likely N-dealkylation sites (tertiary alicyclic amines) is 1. The van der Waals surface area contributed by atoms with Crippen molar-refractivity contribution in [1.82, 2.24) is 4.90 Å². The molecule has 4 N–H and O–H groups in total. The lowest BCUT2D eigenvalue weighted by Crippen LogP contribution is -2.48. The summed E-state index contributed by atoms with van der Waals surface area (Å²) in [5, 5.41) is 18.2. The summed E-state index contributed by atoms with van der Waals surface area (Å²) in [5.74, 6) is -4.74. The van der Waals surface area contributed by atoms with Crippen LogP contribution in [-0.2, 0) is 9.59 Å². The van der Waals surface area contributed by atoms with Gasteiger partial charge in [0, 0.05) is 24.3 Å². The molecule has 1 aromatic rings. The standard InChI is InChI=1S/C14H16N2O5/c15-9-3-1-2-8(6-9)12(17)16-5-4-10(13(18)19)11(7-16)14(20)21/h1-3,6,10-11H,4-5,7,15H2,(H,18,19)(H,20,21). The van der Waals surface area contributed by atoms with Gasteiger partial charge in [-0.3, -0.25) is 14.4 Å². The van der Waals surface area contributed by atoms with Crippen molar-refractivity contribution in [2.24, 2.45) is 11.8 Å². The highest BCUT2D eigenvalue weighted by molar-refractivity contribution is 5.95. The van der Waals surface area contributed by atoms with E-state index in [1.165, 1.54) is 11.0 Å². The summed E-state index contributed by atoms with van der Waals surface area (Å²) in [4.78, 5) is 36.0. The summed E-state index contributed by atoms with van der Waals surface area (Å²) in [6.07, 6.45) is 0.125. The number of nitrogen functional groups attached to an aromatic ring is 1. The van der Waals surface area contributed by atoms with Crippen molar-refractivity contribution in [1.29, 1.82) is 0 Å². The van der Waals surface area contributed by atoms with Crippen LogP contribution >= 0.6 is 0 Å². The van der Waals surface area contributed by atoms with E-state index in [0.717, 1.165) is 0 Å². The maximum absolute atomic E-state index is 12.3. The quantitative estimate of drug-likeness (QED) is 0.698. The van der Waals surface area contributed by atoms with E-state index in [4.69, 9.17) is 15.9 Å². The van der Waals surface area contributed by atoms with E-state index in [-0.39, 0.29) is 25.4 Å². The average Bonchev–Trinajstić information content (AvgIpc) is 2.45. The minimum Gasteiger partial charge on any atom is -0.481 e. The van der Waals surface area contributed by atoms with Crippen molar-refractivity contribution >= 4 is 23.5 Å². The van der Waals surface area contributed by atoms with Crippen molar-refractivity contribution in [3.05, 3.63) is 29.8 Å². The second-order valence-electron chi connectivity index (χ2n) is 5.05. The number of anilines is 1. The zero-order chi connectivity index (χ0) is 15.6. The molecule has 7 nitrogen and oxygen atoms in total. The van der Waals surface area contributed by atoms with Gasteiger partial charge < -0.3 is 20.8 Å². The first-order valence-corrected chi connectivity index (χ1v) is 6.50. The average molecular weight is 292 g/mol. The number of hydrogen-bond acceptors (Lipinski definition) is 4. The molecule has 1 aliphatic rings. The number of carbonyl (C=O) groups excluding carboxylic acids is 1. The van der Waals surface area contributed by atoms with Crippen LogP contribution in [0.15, 0.2) is 24.3 Å². The van der Waals surface area contributed by atoms with Crippen molar-refractivity contribution in [2.75, 3.05) is 18.8 Å². The lowest BCUT2D eigenvalue weighted by molar-refractivity contribution is -0.156. The fourth-order valence-electron chi connectivity index (χ4n) is 2.54. The maximum atomic E-state index is 12.3. The SMILES string of the molecule is Nc1cccc(C(=O)N2CCC(C(=O)O)C(C(=O)O)C2)c1. The smallest absolute Gasteiger partial charge is 0.309 e. The Morgan fingerprint density at radius 1 is 1.14 bits per heavy atom. The molecule has 1 amide bonds. The van der Waals surface area contributed by atoms with Crippen LogP contribution in [0, 0.1) is 11.8 Å². The molecular weight excluding hydrogens is 276 g/mol. The van der Waals surface area contributed by atoms with Crippen molar-refractivity contribution < 1.29 is 24.6 Å². The van der Waals surface area contributed by atoms with E-state index in [0.29, 0.717) is 11.3 Å². The van der Waals surface area contributed by atoms with Gasteiger partial charge in [0.2, 0.25) is 0 Å². The fourth-order valence-corrected chi connectivity index (χ4v) is 2.54. The second-order valence-corrected chi connectivity index (χ2v) is 5.05. The molecular formula is C14H16N2O5. The third-order valence-corrected chi connectivity index (χ3v) is 3.67. The normalized spacial score (nSPS) is 21.8. The number of aliphatic carboxylic acids is 2. The molecule has 0 spiro atoms. The van der Waals surface area contributed by atoms with Crippen molar-refractivity contribution in [2.45, 2.75) is 6.42 Å². The number of nitrogens with zero attached hydrogens (tertiary/aromatic N) is 1. The summed E-state index contributed by atoms with van der Waals surface area (Å²) >= 11 is 0. The topological polar surface area (TPSA) is 121 Å². The maximum Gasteiger partial charge on any atom is 0.309 e. The molecule has 1 heterocycles. The first-order valence-electron chi connectivity index (χ1n) is 6.50. The predicted octanol–water partition coefficient (Wildman–Crippen LogP) is 0.516. The summed E-state index contributed by atoms with van der Waals surface area (Å²) < 4.78 is 0. The van der Waals surface area contributed by atoms with E-state index in [9.17, 15) is 14.4 Å². The molecule has 0 saturated carbocycles. The molecule has 0 aromatic heterocycles. The Kier molecular flexibility index (Phi) is 4.11. The van der Waals surface area contributed by atoms with E-state index in [1.807, 2.05) is 0 Å². The number of benzene rings is 1. The molecule has 7 heteroatoms. The van der Waals surface area contributed by atoms with Gasteiger partial charge >= 0.3 is 11.9 Å². The zero-order valence-corrected chi connectivity index (χ0v) is 11.2. The van der Waals surface area contributed by atoms with Gasteiger partial charge in [0.15, 0.2) is 0 Å². The predicted molar refractivity (Wildman–Crippen MR) is 73.6 cm³/mol. The Balaban J connectivity index is 2.17. The Hall–Kier alpha value is -2.57. The molecule has 2 atom stereocenters. The first-order chi connectivity index (χ1) is 9.90. The lowest BCUT2D eigenvalue weighted by atomic mass is 9.85. The fraction of sp³-hybridized carbons (Fsp3) is 0.357. The third-order valence-electron chi connectivity index (χ3n) is 3.67. The van der Waals surface area contributed by atoms with E-state index in [1.54, 1.807) is 18.2 Å². The number of hydrogen-bond donors (Lipinski definition) is 3. The van der Waals surface area contributed by atoms with Gasteiger partial charge in [-0.05, 0) is 24.6 Å². The van der Waals surface area contributed by atoms with Gasteiger partial charge in [0.05, 0.1) is 11.8 Å². The molecule has 0 aliphatic carbocycles. The number of nitrogens with two attached hydrogens (primary N) is 1. The number of carbonyl (C=O) groups is 3. The highest BCUT2D eigenvalue weighted by Gasteiger charge is 2.40. The Morgan fingerprint density at radius 3 is 2.38 bits per heavy atom.